The fourth-order valence-electron chi connectivity index (χ4n) is 2.22. The lowest BCUT2D eigenvalue weighted by atomic mass is 10.1. The van der Waals surface area contributed by atoms with Crippen molar-refractivity contribution in [2.24, 2.45) is 0 Å². The standard InChI is InChI=1S/C11H24N2O4S2/c1-3-9-18(14,15)12-11-5-7-13(8-6-11)19(16,17)10-4-2/h11-12H,3-10H2,1-2H3. The summed E-state index contributed by atoms with van der Waals surface area (Å²) in [5, 5.41) is 0. The van der Waals surface area contributed by atoms with E-state index in [9.17, 15) is 16.8 Å². The Morgan fingerprint density at radius 2 is 1.53 bits per heavy atom. The molecule has 0 bridgehead atoms. The third-order valence-electron chi connectivity index (χ3n) is 3.13. The first-order valence-electron chi connectivity index (χ1n) is 6.78. The zero-order valence-corrected chi connectivity index (χ0v) is 13.3. The van der Waals surface area contributed by atoms with Crippen LogP contribution >= 0.6 is 0 Å². The molecule has 1 heterocycles. The van der Waals surface area contributed by atoms with Crippen molar-refractivity contribution in [3.63, 3.8) is 0 Å². The molecule has 1 fully saturated rings. The number of nitrogens with zero attached hydrogens (tertiary/aromatic N) is 1. The largest absolute Gasteiger partial charge is 0.214 e. The summed E-state index contributed by atoms with van der Waals surface area (Å²) in [4.78, 5) is 0. The van der Waals surface area contributed by atoms with E-state index in [1.807, 2.05) is 13.8 Å². The second kappa shape index (κ2) is 7.01. The van der Waals surface area contributed by atoms with Crippen molar-refractivity contribution < 1.29 is 16.8 Å². The second-order valence-corrected chi connectivity index (χ2v) is 8.89. The van der Waals surface area contributed by atoms with Gasteiger partial charge in [0, 0.05) is 19.1 Å². The molecule has 0 spiro atoms. The number of rotatable bonds is 7. The van der Waals surface area contributed by atoms with Crippen LogP contribution in [0.4, 0.5) is 0 Å². The maximum Gasteiger partial charge on any atom is 0.214 e. The van der Waals surface area contributed by atoms with Crippen LogP contribution in [0.1, 0.15) is 39.5 Å². The molecule has 1 N–H and O–H groups in total. The van der Waals surface area contributed by atoms with E-state index >= 15 is 0 Å². The predicted molar refractivity (Wildman–Crippen MR) is 75.9 cm³/mol. The van der Waals surface area contributed by atoms with Gasteiger partial charge in [-0.3, -0.25) is 0 Å². The molecule has 19 heavy (non-hydrogen) atoms. The van der Waals surface area contributed by atoms with Crippen LogP contribution in [-0.2, 0) is 20.0 Å². The van der Waals surface area contributed by atoms with Gasteiger partial charge in [0.15, 0.2) is 0 Å². The summed E-state index contributed by atoms with van der Waals surface area (Å²) in [5.74, 6) is 0.292. The molecule has 0 aromatic heterocycles. The summed E-state index contributed by atoms with van der Waals surface area (Å²) in [6.45, 7) is 4.46. The van der Waals surface area contributed by atoms with Gasteiger partial charge in [0.05, 0.1) is 11.5 Å². The first kappa shape index (κ1) is 16.9. The SMILES string of the molecule is CCCS(=O)(=O)NC1CCN(S(=O)(=O)CCC)CC1. The predicted octanol–water partition coefficient (Wildman–Crippen LogP) is 0.520. The Balaban J connectivity index is 2.50. The van der Waals surface area contributed by atoms with Crippen LogP contribution in [0, 0.1) is 0 Å². The molecule has 0 aromatic carbocycles. The lowest BCUT2D eigenvalue weighted by molar-refractivity contribution is 0.308. The molecule has 0 aromatic rings. The fraction of sp³-hybridized carbons (Fsp3) is 1.00. The van der Waals surface area contributed by atoms with Crippen LogP contribution < -0.4 is 4.72 Å². The van der Waals surface area contributed by atoms with Crippen LogP contribution in [0.5, 0.6) is 0 Å². The smallest absolute Gasteiger partial charge is 0.212 e. The van der Waals surface area contributed by atoms with Crippen molar-refractivity contribution in [3.05, 3.63) is 0 Å². The summed E-state index contributed by atoms with van der Waals surface area (Å²) in [6, 6.07) is -0.135. The first-order valence-corrected chi connectivity index (χ1v) is 10.0. The molecule has 1 rings (SSSR count). The number of hydrogen-bond acceptors (Lipinski definition) is 4. The van der Waals surface area contributed by atoms with E-state index in [-0.39, 0.29) is 17.5 Å². The number of hydrogen-bond donors (Lipinski definition) is 1. The van der Waals surface area contributed by atoms with Gasteiger partial charge in [-0.05, 0) is 25.7 Å². The van der Waals surface area contributed by atoms with Crippen LogP contribution in [0.2, 0.25) is 0 Å². The van der Waals surface area contributed by atoms with E-state index in [1.54, 1.807) is 0 Å². The van der Waals surface area contributed by atoms with Gasteiger partial charge in [0.25, 0.3) is 0 Å². The van der Waals surface area contributed by atoms with Gasteiger partial charge >= 0.3 is 0 Å². The highest BCUT2D eigenvalue weighted by Gasteiger charge is 2.28. The molecule has 0 atom stereocenters. The molecule has 1 saturated heterocycles. The molecule has 0 aliphatic carbocycles. The summed E-state index contributed by atoms with van der Waals surface area (Å²) >= 11 is 0. The van der Waals surface area contributed by atoms with Gasteiger partial charge in [0.1, 0.15) is 0 Å². The van der Waals surface area contributed by atoms with E-state index in [1.165, 1.54) is 4.31 Å². The van der Waals surface area contributed by atoms with Crippen molar-refractivity contribution >= 4 is 20.0 Å². The highest BCUT2D eigenvalue weighted by molar-refractivity contribution is 7.89. The monoisotopic (exact) mass is 312 g/mol. The number of sulfonamides is 2. The molecule has 8 heteroatoms. The minimum Gasteiger partial charge on any atom is -0.212 e. The molecular weight excluding hydrogens is 288 g/mol. The van der Waals surface area contributed by atoms with Gasteiger partial charge in [-0.2, -0.15) is 0 Å². The molecular formula is C11H24N2O4S2. The number of piperidine rings is 1. The number of nitrogens with one attached hydrogen (secondary N) is 1. The highest BCUT2D eigenvalue weighted by atomic mass is 32.2. The maximum absolute atomic E-state index is 11.9. The Labute approximate surface area is 116 Å². The quantitative estimate of drug-likeness (QED) is 0.743. The van der Waals surface area contributed by atoms with E-state index in [4.69, 9.17) is 0 Å². The van der Waals surface area contributed by atoms with Crippen molar-refractivity contribution in [2.75, 3.05) is 24.6 Å². The van der Waals surface area contributed by atoms with Gasteiger partial charge in [-0.15, -0.1) is 0 Å². The highest BCUT2D eigenvalue weighted by Crippen LogP contribution is 2.15. The van der Waals surface area contributed by atoms with Gasteiger partial charge in [-0.1, -0.05) is 13.8 Å². The minimum atomic E-state index is -3.21. The van der Waals surface area contributed by atoms with Crippen molar-refractivity contribution in [2.45, 2.75) is 45.6 Å². The van der Waals surface area contributed by atoms with Gasteiger partial charge in [0.2, 0.25) is 20.0 Å². The zero-order chi connectivity index (χ0) is 14.5. The molecule has 114 valence electrons. The van der Waals surface area contributed by atoms with E-state index in [0.29, 0.717) is 38.8 Å². The first-order chi connectivity index (χ1) is 8.80. The third-order valence-corrected chi connectivity index (χ3v) is 6.84. The van der Waals surface area contributed by atoms with Gasteiger partial charge < -0.3 is 0 Å². The molecule has 0 unspecified atom stereocenters. The average molecular weight is 312 g/mol. The van der Waals surface area contributed by atoms with E-state index in [0.717, 1.165) is 0 Å². The van der Waals surface area contributed by atoms with Crippen LogP contribution in [0.15, 0.2) is 0 Å². The topological polar surface area (TPSA) is 83.6 Å². The molecule has 0 saturated carbocycles. The summed E-state index contributed by atoms with van der Waals surface area (Å²) < 4.78 is 51.1. The molecule has 1 aliphatic rings. The van der Waals surface area contributed by atoms with Crippen molar-refractivity contribution in [3.8, 4) is 0 Å². The second-order valence-electron chi connectivity index (χ2n) is 4.93. The Kier molecular flexibility index (Phi) is 6.22. The summed E-state index contributed by atoms with van der Waals surface area (Å²) in [6.07, 6.45) is 2.28. The Morgan fingerprint density at radius 1 is 1.00 bits per heavy atom. The summed E-state index contributed by atoms with van der Waals surface area (Å²) in [7, 11) is -6.37. The van der Waals surface area contributed by atoms with Crippen LogP contribution in [-0.4, -0.2) is 51.8 Å². The Morgan fingerprint density at radius 3 is 2.00 bits per heavy atom. The molecule has 6 nitrogen and oxygen atoms in total. The molecule has 0 amide bonds. The van der Waals surface area contributed by atoms with Gasteiger partial charge in [-0.25, -0.2) is 25.9 Å². The van der Waals surface area contributed by atoms with Crippen molar-refractivity contribution in [1.82, 2.24) is 9.03 Å². The fourth-order valence-corrected chi connectivity index (χ4v) is 5.16. The van der Waals surface area contributed by atoms with Crippen LogP contribution in [0.25, 0.3) is 0 Å². The maximum atomic E-state index is 11.9. The van der Waals surface area contributed by atoms with E-state index < -0.39 is 20.0 Å². The third kappa shape index (κ3) is 5.37. The zero-order valence-electron chi connectivity index (χ0n) is 11.6. The minimum absolute atomic E-state index is 0.126. The molecule has 0 radical (unpaired) electrons. The normalized spacial score (nSPS) is 19.7. The molecule has 1 aliphatic heterocycles. The van der Waals surface area contributed by atoms with Crippen LogP contribution in [0.3, 0.4) is 0 Å². The van der Waals surface area contributed by atoms with Crippen molar-refractivity contribution in [1.29, 1.82) is 0 Å². The Bertz CT molecular complexity index is 465. The lowest BCUT2D eigenvalue weighted by Gasteiger charge is -2.31. The average Bonchev–Trinajstić information content (AvgIpc) is 2.28. The van der Waals surface area contributed by atoms with E-state index in [2.05, 4.69) is 4.72 Å². The summed E-state index contributed by atoms with van der Waals surface area (Å²) in [5.41, 5.74) is 0. The lowest BCUT2D eigenvalue weighted by Crippen LogP contribution is -2.47. The Hall–Kier alpha value is -0.180.